The van der Waals surface area contributed by atoms with E-state index in [4.69, 9.17) is 16.3 Å². The summed E-state index contributed by atoms with van der Waals surface area (Å²) in [5.41, 5.74) is 4.11. The Kier molecular flexibility index (Phi) is 7.04. The van der Waals surface area contributed by atoms with Crippen LogP contribution in [0.4, 0.5) is 5.69 Å². The van der Waals surface area contributed by atoms with Crippen LogP contribution in [-0.2, 0) is 14.3 Å². The second-order valence-corrected chi connectivity index (χ2v) is 7.41. The molecule has 0 aliphatic rings. The highest BCUT2D eigenvalue weighted by molar-refractivity contribution is 6.30. The first kappa shape index (κ1) is 21.3. The highest BCUT2D eigenvalue weighted by Gasteiger charge is 2.24. The zero-order valence-electron chi connectivity index (χ0n) is 16.8. The SMILES string of the molecule is Cc1cc(C)cc(NC(=O)[C@@H](OC(=O)/C=C/c2ccc(Cl)cc2)c2ccccc2)c1. The van der Waals surface area contributed by atoms with Crippen molar-refractivity contribution in [1.29, 1.82) is 0 Å². The molecule has 3 rings (SSSR count). The molecule has 30 heavy (non-hydrogen) atoms. The van der Waals surface area contributed by atoms with E-state index in [1.807, 2.05) is 38.1 Å². The molecule has 1 atom stereocenters. The fourth-order valence-electron chi connectivity index (χ4n) is 3.05. The van der Waals surface area contributed by atoms with Crippen LogP contribution < -0.4 is 5.32 Å². The van der Waals surface area contributed by atoms with Crippen molar-refractivity contribution >= 4 is 35.2 Å². The second kappa shape index (κ2) is 9.90. The summed E-state index contributed by atoms with van der Waals surface area (Å²) in [4.78, 5) is 25.4. The Balaban J connectivity index is 1.77. The van der Waals surface area contributed by atoms with Gasteiger partial charge in [-0.25, -0.2) is 4.79 Å². The van der Waals surface area contributed by atoms with Gasteiger partial charge in [-0.3, -0.25) is 4.79 Å². The summed E-state index contributed by atoms with van der Waals surface area (Å²) in [6.07, 6.45) is 1.83. The Morgan fingerprint density at radius 1 is 0.933 bits per heavy atom. The topological polar surface area (TPSA) is 55.4 Å². The predicted molar refractivity (Wildman–Crippen MR) is 120 cm³/mol. The molecule has 3 aromatic rings. The van der Waals surface area contributed by atoms with E-state index in [1.54, 1.807) is 54.6 Å². The van der Waals surface area contributed by atoms with Crippen LogP contribution >= 0.6 is 11.6 Å². The fraction of sp³-hybridized carbons (Fsp3) is 0.120. The van der Waals surface area contributed by atoms with E-state index in [1.165, 1.54) is 6.08 Å². The predicted octanol–water partition coefficient (Wildman–Crippen LogP) is 5.89. The van der Waals surface area contributed by atoms with Gasteiger partial charge in [-0.05, 0) is 60.9 Å². The molecule has 0 aliphatic heterocycles. The molecular formula is C25H22ClNO3. The van der Waals surface area contributed by atoms with Crippen molar-refractivity contribution in [2.24, 2.45) is 0 Å². The lowest BCUT2D eigenvalue weighted by atomic mass is 10.1. The normalized spacial score (nSPS) is 11.8. The Morgan fingerprint density at radius 3 is 2.20 bits per heavy atom. The number of carbonyl (C=O) groups excluding carboxylic acids is 2. The Labute approximate surface area is 181 Å². The molecule has 0 aliphatic carbocycles. The molecule has 0 heterocycles. The average Bonchev–Trinajstić information content (AvgIpc) is 2.71. The maximum Gasteiger partial charge on any atom is 0.331 e. The van der Waals surface area contributed by atoms with Crippen molar-refractivity contribution in [2.75, 3.05) is 5.32 Å². The van der Waals surface area contributed by atoms with Gasteiger partial charge in [0.2, 0.25) is 6.10 Å². The zero-order chi connectivity index (χ0) is 21.5. The summed E-state index contributed by atoms with van der Waals surface area (Å²) in [5.74, 6) is -1.03. The molecule has 0 aromatic heterocycles. The van der Waals surface area contributed by atoms with E-state index in [9.17, 15) is 9.59 Å². The van der Waals surface area contributed by atoms with Crippen LogP contribution in [0.25, 0.3) is 6.08 Å². The van der Waals surface area contributed by atoms with Gasteiger partial charge in [-0.1, -0.05) is 60.1 Å². The van der Waals surface area contributed by atoms with E-state index in [-0.39, 0.29) is 0 Å². The number of benzene rings is 3. The number of aryl methyl sites for hydroxylation is 2. The number of hydrogen-bond donors (Lipinski definition) is 1. The molecule has 4 nitrogen and oxygen atoms in total. The fourth-order valence-corrected chi connectivity index (χ4v) is 3.18. The van der Waals surface area contributed by atoms with Gasteiger partial charge in [0, 0.05) is 22.3 Å². The Bertz CT molecular complexity index is 1040. The van der Waals surface area contributed by atoms with Crippen LogP contribution in [0.3, 0.4) is 0 Å². The maximum absolute atomic E-state index is 13.0. The lowest BCUT2D eigenvalue weighted by Gasteiger charge is -2.18. The number of amides is 1. The average molecular weight is 420 g/mol. The molecule has 0 bridgehead atoms. The molecule has 1 amide bonds. The minimum absolute atomic E-state index is 0.417. The van der Waals surface area contributed by atoms with E-state index in [0.717, 1.165) is 16.7 Å². The Morgan fingerprint density at radius 2 is 1.57 bits per heavy atom. The van der Waals surface area contributed by atoms with Gasteiger partial charge in [-0.2, -0.15) is 0 Å². The summed E-state index contributed by atoms with van der Waals surface area (Å²) < 4.78 is 5.51. The second-order valence-electron chi connectivity index (χ2n) is 6.98. The molecular weight excluding hydrogens is 398 g/mol. The first-order valence-corrected chi connectivity index (χ1v) is 9.87. The zero-order valence-corrected chi connectivity index (χ0v) is 17.5. The van der Waals surface area contributed by atoms with Gasteiger partial charge in [0.1, 0.15) is 0 Å². The number of ether oxygens (including phenoxy) is 1. The van der Waals surface area contributed by atoms with Gasteiger partial charge in [0.05, 0.1) is 0 Å². The molecule has 1 N–H and O–H groups in total. The van der Waals surface area contributed by atoms with Gasteiger partial charge in [0.15, 0.2) is 0 Å². The van der Waals surface area contributed by atoms with Crippen LogP contribution in [0.15, 0.2) is 78.9 Å². The molecule has 3 aromatic carbocycles. The number of rotatable bonds is 6. The minimum atomic E-state index is -1.07. The molecule has 0 saturated heterocycles. The summed E-state index contributed by atoms with van der Waals surface area (Å²) in [6, 6.07) is 21.7. The van der Waals surface area contributed by atoms with E-state index < -0.39 is 18.0 Å². The first-order valence-electron chi connectivity index (χ1n) is 9.49. The van der Waals surface area contributed by atoms with Crippen molar-refractivity contribution < 1.29 is 14.3 Å². The van der Waals surface area contributed by atoms with Crippen LogP contribution in [-0.4, -0.2) is 11.9 Å². The van der Waals surface area contributed by atoms with Crippen molar-refractivity contribution in [1.82, 2.24) is 0 Å². The molecule has 0 spiro atoms. The van der Waals surface area contributed by atoms with Crippen LogP contribution in [0.2, 0.25) is 5.02 Å². The third kappa shape index (κ3) is 6.06. The highest BCUT2D eigenvalue weighted by atomic mass is 35.5. The lowest BCUT2D eigenvalue weighted by molar-refractivity contribution is -0.149. The number of esters is 1. The van der Waals surface area contributed by atoms with E-state index in [2.05, 4.69) is 5.32 Å². The molecule has 0 fully saturated rings. The summed E-state index contributed by atoms with van der Waals surface area (Å²) >= 11 is 5.87. The summed E-state index contributed by atoms with van der Waals surface area (Å²) in [5, 5.41) is 3.47. The number of hydrogen-bond acceptors (Lipinski definition) is 3. The molecule has 0 saturated carbocycles. The minimum Gasteiger partial charge on any atom is -0.444 e. The molecule has 5 heteroatoms. The highest BCUT2D eigenvalue weighted by Crippen LogP contribution is 2.22. The van der Waals surface area contributed by atoms with Crippen LogP contribution in [0.5, 0.6) is 0 Å². The quantitative estimate of drug-likeness (QED) is 0.400. The Hall–Kier alpha value is -3.37. The number of nitrogens with one attached hydrogen (secondary N) is 1. The van der Waals surface area contributed by atoms with Crippen LogP contribution in [0.1, 0.15) is 28.4 Å². The van der Waals surface area contributed by atoms with E-state index in [0.29, 0.717) is 16.3 Å². The van der Waals surface area contributed by atoms with Crippen molar-refractivity contribution in [2.45, 2.75) is 20.0 Å². The largest absolute Gasteiger partial charge is 0.444 e. The number of carbonyl (C=O) groups is 2. The van der Waals surface area contributed by atoms with Gasteiger partial charge in [0.25, 0.3) is 5.91 Å². The van der Waals surface area contributed by atoms with Gasteiger partial charge < -0.3 is 10.1 Å². The third-order valence-electron chi connectivity index (χ3n) is 4.35. The smallest absolute Gasteiger partial charge is 0.331 e. The third-order valence-corrected chi connectivity index (χ3v) is 4.60. The lowest BCUT2D eigenvalue weighted by Crippen LogP contribution is -2.25. The molecule has 152 valence electrons. The molecule has 0 unspecified atom stereocenters. The van der Waals surface area contributed by atoms with Gasteiger partial charge in [-0.15, -0.1) is 0 Å². The van der Waals surface area contributed by atoms with E-state index >= 15 is 0 Å². The number of halogens is 1. The first-order chi connectivity index (χ1) is 14.4. The monoisotopic (exact) mass is 419 g/mol. The van der Waals surface area contributed by atoms with Gasteiger partial charge >= 0.3 is 5.97 Å². The van der Waals surface area contributed by atoms with Crippen molar-refractivity contribution in [3.05, 3.63) is 106 Å². The molecule has 0 radical (unpaired) electrons. The standard InChI is InChI=1S/C25H22ClNO3/c1-17-14-18(2)16-22(15-17)27-25(29)24(20-6-4-3-5-7-20)30-23(28)13-10-19-8-11-21(26)12-9-19/h3-16,24H,1-2H3,(H,27,29)/b13-10+/t24-/m0/s1. The van der Waals surface area contributed by atoms with Crippen LogP contribution in [0, 0.1) is 13.8 Å². The van der Waals surface area contributed by atoms with Crippen molar-refractivity contribution in [3.63, 3.8) is 0 Å². The summed E-state index contributed by atoms with van der Waals surface area (Å²) in [7, 11) is 0. The summed E-state index contributed by atoms with van der Waals surface area (Å²) in [6.45, 7) is 3.91. The maximum atomic E-state index is 13.0. The van der Waals surface area contributed by atoms with Crippen molar-refractivity contribution in [3.8, 4) is 0 Å². The number of anilines is 1.